The zero-order valence-corrected chi connectivity index (χ0v) is 15.0. The fourth-order valence-electron chi connectivity index (χ4n) is 2.61. The lowest BCUT2D eigenvalue weighted by molar-refractivity contribution is -0.885. The van der Waals surface area contributed by atoms with Gasteiger partial charge < -0.3 is 15.0 Å². The maximum absolute atomic E-state index is 12.1. The Hall–Kier alpha value is -2.59. The van der Waals surface area contributed by atoms with Crippen LogP contribution < -0.4 is 15.0 Å². The summed E-state index contributed by atoms with van der Waals surface area (Å²) in [6.07, 6.45) is 1.72. The molecule has 2 aromatic rings. The monoisotopic (exact) mass is 339 g/mol. The van der Waals surface area contributed by atoms with E-state index in [1.54, 1.807) is 6.08 Å². The van der Waals surface area contributed by atoms with Gasteiger partial charge in [0.2, 0.25) is 0 Å². The average Bonchev–Trinajstić information content (AvgIpc) is 2.60. The Labute approximate surface area is 150 Å². The first kappa shape index (κ1) is 18.7. The molecule has 4 heteroatoms. The van der Waals surface area contributed by atoms with E-state index in [1.165, 1.54) is 11.1 Å². The van der Waals surface area contributed by atoms with Gasteiger partial charge in [0.15, 0.2) is 6.54 Å². The predicted octanol–water partition coefficient (Wildman–Crippen LogP) is 1.89. The highest BCUT2D eigenvalue weighted by Crippen LogP contribution is 2.11. The van der Waals surface area contributed by atoms with E-state index in [0.29, 0.717) is 19.7 Å². The summed E-state index contributed by atoms with van der Waals surface area (Å²) in [5.41, 5.74) is 3.53. The van der Waals surface area contributed by atoms with Crippen molar-refractivity contribution in [2.45, 2.75) is 20.0 Å². The van der Waals surface area contributed by atoms with Crippen molar-refractivity contribution in [1.29, 1.82) is 0 Å². The van der Waals surface area contributed by atoms with Crippen LogP contribution in [-0.4, -0.2) is 26.1 Å². The van der Waals surface area contributed by atoms with Gasteiger partial charge >= 0.3 is 0 Å². The van der Waals surface area contributed by atoms with Crippen LogP contribution in [0.3, 0.4) is 0 Å². The first-order valence-corrected chi connectivity index (χ1v) is 8.53. The molecule has 2 N–H and O–H groups in total. The highest BCUT2D eigenvalue weighted by atomic mass is 16.5. The molecule has 25 heavy (non-hydrogen) atoms. The summed E-state index contributed by atoms with van der Waals surface area (Å²) >= 11 is 0. The Kier molecular flexibility index (Phi) is 7.23. The number of nitrogens with one attached hydrogen (secondary N) is 2. The minimum atomic E-state index is 0.0617. The molecule has 4 nitrogen and oxygen atoms in total. The van der Waals surface area contributed by atoms with Gasteiger partial charge in [-0.1, -0.05) is 36.9 Å². The van der Waals surface area contributed by atoms with Crippen molar-refractivity contribution >= 4 is 5.91 Å². The normalized spacial score (nSPS) is 11.6. The van der Waals surface area contributed by atoms with Crippen LogP contribution in [0.15, 0.2) is 61.2 Å². The van der Waals surface area contributed by atoms with Gasteiger partial charge in [-0.2, -0.15) is 0 Å². The van der Waals surface area contributed by atoms with E-state index in [-0.39, 0.29) is 5.91 Å². The van der Waals surface area contributed by atoms with Crippen LogP contribution in [0.1, 0.15) is 16.7 Å². The number of amides is 1. The van der Waals surface area contributed by atoms with Crippen molar-refractivity contribution in [2.75, 3.05) is 20.2 Å². The second kappa shape index (κ2) is 9.64. The lowest BCUT2D eigenvalue weighted by atomic mass is 10.1. The van der Waals surface area contributed by atoms with Gasteiger partial charge in [-0.15, -0.1) is 0 Å². The molecule has 132 valence electrons. The molecule has 0 saturated carbocycles. The number of ether oxygens (including phenoxy) is 1. The molecule has 0 aliphatic carbocycles. The number of aryl methyl sites for hydroxylation is 1. The molecule has 2 aromatic carbocycles. The van der Waals surface area contributed by atoms with Crippen LogP contribution >= 0.6 is 0 Å². The van der Waals surface area contributed by atoms with Gasteiger partial charge in [0.25, 0.3) is 5.91 Å². The summed E-state index contributed by atoms with van der Waals surface area (Å²) in [6.45, 7) is 8.01. The quantitative estimate of drug-likeness (QED) is 0.685. The minimum Gasteiger partial charge on any atom is -0.490 e. The first-order valence-electron chi connectivity index (χ1n) is 8.53. The number of rotatable bonds is 9. The zero-order chi connectivity index (χ0) is 18.1. The van der Waals surface area contributed by atoms with Crippen LogP contribution in [0.4, 0.5) is 0 Å². The number of benzene rings is 2. The molecule has 2 rings (SSSR count). The van der Waals surface area contributed by atoms with E-state index in [0.717, 1.165) is 22.8 Å². The Morgan fingerprint density at radius 1 is 1.20 bits per heavy atom. The van der Waals surface area contributed by atoms with Crippen LogP contribution in [0.5, 0.6) is 5.75 Å². The molecule has 0 fully saturated rings. The summed E-state index contributed by atoms with van der Waals surface area (Å²) in [5.74, 6) is 0.893. The molecule has 0 spiro atoms. The Balaban J connectivity index is 1.77. The van der Waals surface area contributed by atoms with Crippen molar-refractivity contribution in [3.05, 3.63) is 77.9 Å². The van der Waals surface area contributed by atoms with Gasteiger partial charge in [0.05, 0.1) is 7.05 Å². The lowest BCUT2D eigenvalue weighted by Gasteiger charge is -2.14. The number of quaternary nitrogens is 1. The third-order valence-electron chi connectivity index (χ3n) is 4.00. The third-order valence-corrected chi connectivity index (χ3v) is 4.00. The molecular formula is C21H27N2O2+. The molecule has 0 aliphatic rings. The van der Waals surface area contributed by atoms with E-state index < -0.39 is 0 Å². The summed E-state index contributed by atoms with van der Waals surface area (Å²) in [5, 5.41) is 3.00. The average molecular weight is 339 g/mol. The largest absolute Gasteiger partial charge is 0.490 e. The number of likely N-dealkylation sites (N-methyl/N-ethyl adjacent to an activating group) is 1. The molecule has 0 aromatic heterocycles. The standard InChI is InChI=1S/C21H26N2O2/c1-4-13-25-20-11-9-18(10-12-20)15-23(3)16-21(24)22-14-19-8-6-5-7-17(19)2/h4-12H,1,13-16H2,2-3H3,(H,22,24)/p+1. The zero-order valence-electron chi connectivity index (χ0n) is 15.0. The Bertz CT molecular complexity index is 695. The van der Waals surface area contributed by atoms with E-state index in [1.807, 2.05) is 49.5 Å². The van der Waals surface area contributed by atoms with Crippen molar-refractivity contribution in [2.24, 2.45) is 0 Å². The van der Waals surface area contributed by atoms with Crippen LogP contribution in [0.25, 0.3) is 0 Å². The maximum Gasteiger partial charge on any atom is 0.275 e. The molecule has 0 radical (unpaired) electrons. The molecule has 0 saturated heterocycles. The van der Waals surface area contributed by atoms with Gasteiger partial charge in [-0.3, -0.25) is 4.79 Å². The van der Waals surface area contributed by atoms with Gasteiger partial charge in [0.1, 0.15) is 18.9 Å². The SMILES string of the molecule is C=CCOc1ccc(C[NH+](C)CC(=O)NCc2ccccc2C)cc1. The van der Waals surface area contributed by atoms with E-state index in [9.17, 15) is 4.79 Å². The maximum atomic E-state index is 12.1. The Morgan fingerprint density at radius 2 is 1.92 bits per heavy atom. The number of hydrogen-bond acceptors (Lipinski definition) is 2. The number of carbonyl (C=O) groups excluding carboxylic acids is 1. The summed E-state index contributed by atoms with van der Waals surface area (Å²) in [7, 11) is 2.02. The highest BCUT2D eigenvalue weighted by molar-refractivity contribution is 5.76. The molecule has 1 amide bonds. The van der Waals surface area contributed by atoms with Crippen molar-refractivity contribution in [3.8, 4) is 5.75 Å². The molecule has 0 bridgehead atoms. The predicted molar refractivity (Wildman–Crippen MR) is 101 cm³/mol. The minimum absolute atomic E-state index is 0.0617. The van der Waals surface area contributed by atoms with Crippen molar-refractivity contribution < 1.29 is 14.4 Å². The molecule has 1 unspecified atom stereocenters. The summed E-state index contributed by atoms with van der Waals surface area (Å²) in [4.78, 5) is 13.3. The fraction of sp³-hybridized carbons (Fsp3) is 0.286. The van der Waals surface area contributed by atoms with Crippen LogP contribution in [-0.2, 0) is 17.9 Å². The molecular weight excluding hydrogens is 312 g/mol. The van der Waals surface area contributed by atoms with E-state index in [2.05, 4.69) is 24.9 Å². The fourth-order valence-corrected chi connectivity index (χ4v) is 2.61. The first-order chi connectivity index (χ1) is 12.1. The van der Waals surface area contributed by atoms with E-state index in [4.69, 9.17) is 4.74 Å². The lowest BCUT2D eigenvalue weighted by Crippen LogP contribution is -3.08. The molecule has 0 heterocycles. The van der Waals surface area contributed by atoms with E-state index >= 15 is 0 Å². The van der Waals surface area contributed by atoms with Gasteiger partial charge in [-0.05, 0) is 42.3 Å². The van der Waals surface area contributed by atoms with Crippen molar-refractivity contribution in [3.63, 3.8) is 0 Å². The van der Waals surface area contributed by atoms with Gasteiger partial charge in [0, 0.05) is 12.1 Å². The second-order valence-corrected chi connectivity index (χ2v) is 6.26. The van der Waals surface area contributed by atoms with Crippen LogP contribution in [0.2, 0.25) is 0 Å². The Morgan fingerprint density at radius 3 is 2.60 bits per heavy atom. The smallest absolute Gasteiger partial charge is 0.275 e. The van der Waals surface area contributed by atoms with Crippen LogP contribution in [0, 0.1) is 6.92 Å². The molecule has 1 atom stereocenters. The second-order valence-electron chi connectivity index (χ2n) is 6.26. The van der Waals surface area contributed by atoms with Gasteiger partial charge in [-0.25, -0.2) is 0 Å². The third kappa shape index (κ3) is 6.43. The summed E-state index contributed by atoms with van der Waals surface area (Å²) < 4.78 is 5.47. The molecule has 0 aliphatic heterocycles. The van der Waals surface area contributed by atoms with Crippen molar-refractivity contribution in [1.82, 2.24) is 5.32 Å². The highest BCUT2D eigenvalue weighted by Gasteiger charge is 2.11. The number of carbonyl (C=O) groups is 1. The number of hydrogen-bond donors (Lipinski definition) is 2. The summed E-state index contributed by atoms with van der Waals surface area (Å²) in [6, 6.07) is 16.1. The topological polar surface area (TPSA) is 42.8 Å².